The van der Waals surface area contributed by atoms with E-state index in [0.717, 1.165) is 18.4 Å². The van der Waals surface area contributed by atoms with Gasteiger partial charge in [0.1, 0.15) is 5.60 Å². The molecule has 0 aliphatic rings. The molecule has 126 valence electrons. The number of carbonyl (C=O) groups is 1. The van der Waals surface area contributed by atoms with Crippen LogP contribution in [0.1, 0.15) is 32.8 Å². The molecule has 0 radical (unpaired) electrons. The van der Waals surface area contributed by atoms with Gasteiger partial charge >= 0.3 is 6.09 Å². The summed E-state index contributed by atoms with van der Waals surface area (Å²) in [5.41, 5.74) is 1.84. The van der Waals surface area contributed by atoms with Crippen molar-refractivity contribution in [1.29, 1.82) is 0 Å². The number of para-hydroxylation sites is 1. The quantitative estimate of drug-likeness (QED) is 0.858. The summed E-state index contributed by atoms with van der Waals surface area (Å²) < 4.78 is 5.38. The molecule has 0 atom stereocenters. The average Bonchev–Trinajstić information content (AvgIpc) is 2.88. The lowest BCUT2D eigenvalue weighted by atomic mass is 10.1. The molecule has 0 unspecified atom stereocenters. The van der Waals surface area contributed by atoms with Gasteiger partial charge in [-0.15, -0.1) is 0 Å². The molecule has 0 aliphatic carbocycles. The normalized spacial score (nSPS) is 11.7. The maximum absolute atomic E-state index is 12.1. The number of nitrogens with zero attached hydrogens (tertiary/aromatic N) is 1. The molecule has 0 saturated heterocycles. The number of rotatable bonds is 6. The third-order valence-electron chi connectivity index (χ3n) is 3.57. The lowest BCUT2D eigenvalue weighted by Gasteiger charge is -2.27. The second-order valence-corrected chi connectivity index (χ2v) is 6.65. The van der Waals surface area contributed by atoms with Gasteiger partial charge in [0, 0.05) is 30.2 Å². The van der Waals surface area contributed by atoms with E-state index >= 15 is 0 Å². The summed E-state index contributed by atoms with van der Waals surface area (Å²) in [6.07, 6.45) is 3.34. The summed E-state index contributed by atoms with van der Waals surface area (Å²) in [5.74, 6) is 0. The predicted molar refractivity (Wildman–Crippen MR) is 91.5 cm³/mol. The number of aliphatic hydroxyl groups excluding tert-OH is 1. The van der Waals surface area contributed by atoms with Crippen LogP contribution >= 0.6 is 0 Å². The van der Waals surface area contributed by atoms with Gasteiger partial charge in [0.15, 0.2) is 0 Å². The number of hydrogen-bond donors (Lipinski definition) is 2. The molecule has 5 heteroatoms. The first kappa shape index (κ1) is 17.3. The fraction of sp³-hybridized carbons (Fsp3) is 0.500. The number of H-pyrrole nitrogens is 1. The van der Waals surface area contributed by atoms with Crippen molar-refractivity contribution < 1.29 is 14.6 Å². The molecule has 2 aromatic rings. The number of benzene rings is 1. The minimum Gasteiger partial charge on any atom is -0.444 e. The van der Waals surface area contributed by atoms with Crippen LogP contribution in [-0.2, 0) is 11.2 Å². The van der Waals surface area contributed by atoms with Crippen LogP contribution in [0.3, 0.4) is 0 Å². The number of aliphatic hydroxyl groups is 1. The van der Waals surface area contributed by atoms with Gasteiger partial charge in [-0.2, -0.15) is 0 Å². The van der Waals surface area contributed by atoms with Crippen LogP contribution in [0.4, 0.5) is 4.79 Å². The number of nitrogens with one attached hydrogen (secondary N) is 1. The van der Waals surface area contributed by atoms with Crippen LogP contribution in [0.2, 0.25) is 0 Å². The van der Waals surface area contributed by atoms with Gasteiger partial charge in [-0.3, -0.25) is 0 Å². The Morgan fingerprint density at radius 3 is 2.70 bits per heavy atom. The Labute approximate surface area is 137 Å². The summed E-state index contributed by atoms with van der Waals surface area (Å²) in [7, 11) is 0. The second-order valence-electron chi connectivity index (χ2n) is 6.65. The molecule has 1 amide bonds. The van der Waals surface area contributed by atoms with E-state index in [1.807, 2.05) is 39.1 Å². The number of hydrogen-bond acceptors (Lipinski definition) is 3. The largest absolute Gasteiger partial charge is 0.444 e. The minimum atomic E-state index is -0.526. The Hall–Kier alpha value is -2.01. The van der Waals surface area contributed by atoms with E-state index in [1.165, 1.54) is 10.9 Å². The first-order chi connectivity index (χ1) is 10.9. The summed E-state index contributed by atoms with van der Waals surface area (Å²) >= 11 is 0. The molecular weight excluding hydrogens is 292 g/mol. The number of carbonyl (C=O) groups excluding carboxylic acids is 1. The van der Waals surface area contributed by atoms with Gasteiger partial charge in [-0.1, -0.05) is 18.2 Å². The highest BCUT2D eigenvalue weighted by Crippen LogP contribution is 2.19. The highest BCUT2D eigenvalue weighted by Gasteiger charge is 2.21. The van der Waals surface area contributed by atoms with Crippen LogP contribution in [-0.4, -0.2) is 46.4 Å². The van der Waals surface area contributed by atoms with Crippen molar-refractivity contribution in [3.8, 4) is 0 Å². The number of aryl methyl sites for hydroxylation is 1. The van der Waals surface area contributed by atoms with Crippen molar-refractivity contribution in [2.24, 2.45) is 0 Å². The fourth-order valence-corrected chi connectivity index (χ4v) is 2.54. The molecule has 1 heterocycles. The molecule has 2 rings (SSSR count). The van der Waals surface area contributed by atoms with Gasteiger partial charge in [-0.25, -0.2) is 4.79 Å². The standard InChI is InChI=1S/C18H26N2O3/c1-18(2,3)23-17(22)20(11-12-21)10-6-7-14-13-19-16-9-5-4-8-15(14)16/h4-5,8-9,13,19,21H,6-7,10-12H2,1-3H3. The zero-order valence-corrected chi connectivity index (χ0v) is 14.1. The predicted octanol–water partition coefficient (Wildman–Crippen LogP) is 3.33. The maximum Gasteiger partial charge on any atom is 0.410 e. The van der Waals surface area contributed by atoms with Crippen molar-refractivity contribution in [3.63, 3.8) is 0 Å². The highest BCUT2D eigenvalue weighted by molar-refractivity contribution is 5.83. The van der Waals surface area contributed by atoms with Crippen molar-refractivity contribution >= 4 is 17.0 Å². The molecule has 0 bridgehead atoms. The Morgan fingerprint density at radius 2 is 2.00 bits per heavy atom. The zero-order chi connectivity index (χ0) is 16.9. The van der Waals surface area contributed by atoms with Crippen molar-refractivity contribution in [1.82, 2.24) is 9.88 Å². The SMILES string of the molecule is CC(C)(C)OC(=O)N(CCO)CCCc1c[nH]c2ccccc12. The molecule has 5 nitrogen and oxygen atoms in total. The van der Waals surface area contributed by atoms with Crippen LogP contribution in [0.15, 0.2) is 30.5 Å². The third-order valence-corrected chi connectivity index (χ3v) is 3.57. The van der Waals surface area contributed by atoms with E-state index in [0.29, 0.717) is 13.1 Å². The molecule has 0 spiro atoms. The van der Waals surface area contributed by atoms with Crippen LogP contribution < -0.4 is 0 Å². The van der Waals surface area contributed by atoms with Crippen molar-refractivity contribution in [2.75, 3.05) is 19.7 Å². The minimum absolute atomic E-state index is 0.0632. The molecule has 2 N–H and O–H groups in total. The summed E-state index contributed by atoms with van der Waals surface area (Å²) in [6, 6.07) is 8.19. The van der Waals surface area contributed by atoms with Gasteiger partial charge < -0.3 is 19.7 Å². The van der Waals surface area contributed by atoms with E-state index in [4.69, 9.17) is 9.84 Å². The highest BCUT2D eigenvalue weighted by atomic mass is 16.6. The monoisotopic (exact) mass is 318 g/mol. The van der Waals surface area contributed by atoms with E-state index in [1.54, 1.807) is 4.90 Å². The van der Waals surface area contributed by atoms with Gasteiger partial charge in [-0.05, 0) is 45.2 Å². The van der Waals surface area contributed by atoms with E-state index in [-0.39, 0.29) is 12.7 Å². The lowest BCUT2D eigenvalue weighted by molar-refractivity contribution is 0.0217. The van der Waals surface area contributed by atoms with E-state index in [2.05, 4.69) is 17.1 Å². The van der Waals surface area contributed by atoms with Gasteiger partial charge in [0.2, 0.25) is 0 Å². The summed E-state index contributed by atoms with van der Waals surface area (Å²) in [6.45, 7) is 6.32. The number of fused-ring (bicyclic) bond motifs is 1. The molecule has 23 heavy (non-hydrogen) atoms. The lowest BCUT2D eigenvalue weighted by Crippen LogP contribution is -2.39. The molecule has 1 aromatic carbocycles. The smallest absolute Gasteiger partial charge is 0.410 e. The molecule has 0 aliphatic heterocycles. The summed E-state index contributed by atoms with van der Waals surface area (Å²) in [4.78, 5) is 17.0. The molecule has 1 aromatic heterocycles. The van der Waals surface area contributed by atoms with Gasteiger partial charge in [0.05, 0.1) is 6.61 Å². The Balaban J connectivity index is 1.92. The number of aromatic nitrogens is 1. The Bertz CT molecular complexity index is 643. The number of ether oxygens (including phenoxy) is 1. The molecule has 0 fully saturated rings. The number of aromatic amines is 1. The first-order valence-corrected chi connectivity index (χ1v) is 8.04. The molecular formula is C18H26N2O3. The number of amides is 1. The fourth-order valence-electron chi connectivity index (χ4n) is 2.54. The first-order valence-electron chi connectivity index (χ1n) is 8.04. The Kier molecular flexibility index (Phi) is 5.66. The maximum atomic E-state index is 12.1. The zero-order valence-electron chi connectivity index (χ0n) is 14.1. The van der Waals surface area contributed by atoms with E-state index < -0.39 is 5.60 Å². The van der Waals surface area contributed by atoms with Crippen LogP contribution in [0, 0.1) is 0 Å². The topological polar surface area (TPSA) is 65.6 Å². The van der Waals surface area contributed by atoms with Crippen molar-refractivity contribution in [2.45, 2.75) is 39.2 Å². The van der Waals surface area contributed by atoms with Crippen molar-refractivity contribution in [3.05, 3.63) is 36.0 Å². The van der Waals surface area contributed by atoms with Gasteiger partial charge in [0.25, 0.3) is 0 Å². The second kappa shape index (κ2) is 7.51. The van der Waals surface area contributed by atoms with Crippen LogP contribution in [0.5, 0.6) is 0 Å². The summed E-state index contributed by atoms with van der Waals surface area (Å²) in [5, 5.41) is 10.4. The van der Waals surface area contributed by atoms with E-state index in [9.17, 15) is 4.79 Å². The molecule has 0 saturated carbocycles. The van der Waals surface area contributed by atoms with Crippen LogP contribution in [0.25, 0.3) is 10.9 Å². The Morgan fingerprint density at radius 1 is 1.26 bits per heavy atom. The third kappa shape index (κ3) is 4.99. The average molecular weight is 318 g/mol.